The van der Waals surface area contributed by atoms with Crippen molar-refractivity contribution in [2.45, 2.75) is 32.5 Å². The Morgan fingerprint density at radius 1 is 1.08 bits per heavy atom. The van der Waals surface area contributed by atoms with Crippen molar-refractivity contribution in [3.63, 3.8) is 0 Å². The van der Waals surface area contributed by atoms with E-state index in [0.717, 1.165) is 5.92 Å². The van der Waals surface area contributed by atoms with Gasteiger partial charge in [-0.05, 0) is 31.2 Å². The van der Waals surface area contributed by atoms with Crippen LogP contribution in [0.4, 0.5) is 0 Å². The van der Waals surface area contributed by atoms with Crippen LogP contribution < -0.4 is 0 Å². The van der Waals surface area contributed by atoms with Crippen molar-refractivity contribution >= 4 is 7.85 Å². The summed E-state index contributed by atoms with van der Waals surface area (Å²) in [7, 11) is 4.50. The molecule has 1 aromatic rings. The molecule has 0 nitrogen and oxygen atoms in total. The summed E-state index contributed by atoms with van der Waals surface area (Å²) in [6.07, 6.45) is 2.81. The lowest BCUT2D eigenvalue weighted by Gasteiger charge is -1.96. The maximum Gasteiger partial charge on any atom is 0.0606 e. The molecule has 2 radical (unpaired) electrons. The summed E-state index contributed by atoms with van der Waals surface area (Å²) in [5.74, 6) is 0.903. The highest BCUT2D eigenvalue weighted by Gasteiger charge is 2.22. The molecular weight excluding hydrogens is 143 g/mol. The van der Waals surface area contributed by atoms with Crippen molar-refractivity contribution in [2.75, 3.05) is 0 Å². The van der Waals surface area contributed by atoms with Gasteiger partial charge in [-0.3, -0.25) is 0 Å². The number of aryl methyl sites for hydroxylation is 1. The first-order chi connectivity index (χ1) is 5.86. The molecule has 0 bridgehead atoms. The lowest BCUT2D eigenvalue weighted by atomic mass is 10.1. The zero-order chi connectivity index (χ0) is 8.97. The molecule has 0 aromatic heterocycles. The molecule has 0 spiro atoms. The van der Waals surface area contributed by atoms with E-state index in [1.807, 2.05) is 0 Å². The highest BCUT2D eigenvalue weighted by Crippen LogP contribution is 2.39. The molecule has 62 valence electrons. The van der Waals surface area contributed by atoms with Gasteiger partial charge >= 0.3 is 0 Å². The van der Waals surface area contributed by atoms with Crippen LogP contribution in [0.1, 0.15) is 29.9 Å². The summed E-state index contributed by atoms with van der Waals surface area (Å²) in [5.41, 5.74) is 2.90. The maximum atomic E-state index is 4.50. The number of rotatable bonds is 1. The maximum absolute atomic E-state index is 4.50. The van der Waals surface area contributed by atoms with Crippen molar-refractivity contribution in [1.82, 2.24) is 0 Å². The van der Waals surface area contributed by atoms with Gasteiger partial charge in [0.15, 0.2) is 0 Å². The zero-order valence-corrected chi connectivity index (χ0v) is 7.88. The van der Waals surface area contributed by atoms with Gasteiger partial charge in [0.1, 0.15) is 0 Å². The Labute approximate surface area is 76.4 Å². The van der Waals surface area contributed by atoms with Gasteiger partial charge in [0.05, 0.1) is 7.85 Å². The van der Waals surface area contributed by atoms with Gasteiger partial charge in [-0.1, -0.05) is 36.7 Å². The van der Waals surface area contributed by atoms with Gasteiger partial charge in [-0.25, -0.2) is 0 Å². The van der Waals surface area contributed by atoms with E-state index in [1.54, 1.807) is 0 Å². The Kier molecular flexibility index (Phi) is 3.39. The molecule has 0 atom stereocenters. The normalized spacial score (nSPS) is 14.8. The molecule has 1 aromatic carbocycles. The van der Waals surface area contributed by atoms with E-state index in [1.165, 1.54) is 30.8 Å². The lowest BCUT2D eigenvalue weighted by molar-refractivity contribution is 1.13. The molecule has 0 saturated heterocycles. The van der Waals surface area contributed by atoms with Crippen LogP contribution in [0.2, 0.25) is 6.82 Å². The first-order valence-electron chi connectivity index (χ1n) is 4.50. The van der Waals surface area contributed by atoms with Crippen molar-refractivity contribution in [1.29, 1.82) is 0 Å². The van der Waals surface area contributed by atoms with Crippen LogP contribution in [0.3, 0.4) is 0 Å². The molecule has 0 heterocycles. The largest absolute Gasteiger partial charge is 0.0999 e. The summed E-state index contributed by atoms with van der Waals surface area (Å²) in [6, 6.07) is 8.92. The first kappa shape index (κ1) is 9.37. The second-order valence-corrected chi connectivity index (χ2v) is 3.18. The van der Waals surface area contributed by atoms with E-state index in [-0.39, 0.29) is 0 Å². The van der Waals surface area contributed by atoms with Crippen molar-refractivity contribution in [3.05, 3.63) is 35.4 Å². The summed E-state index contributed by atoms with van der Waals surface area (Å²) in [5, 5.41) is 0. The van der Waals surface area contributed by atoms with Crippen LogP contribution in [0.15, 0.2) is 24.3 Å². The van der Waals surface area contributed by atoms with Crippen LogP contribution in [-0.2, 0) is 0 Å². The molecule has 12 heavy (non-hydrogen) atoms. The molecule has 0 unspecified atom stereocenters. The molecule has 1 heteroatoms. The Morgan fingerprint density at radius 2 is 1.58 bits per heavy atom. The van der Waals surface area contributed by atoms with Crippen LogP contribution in [0.5, 0.6) is 0 Å². The van der Waals surface area contributed by atoms with Gasteiger partial charge in [-0.15, -0.1) is 0 Å². The van der Waals surface area contributed by atoms with Crippen molar-refractivity contribution in [3.8, 4) is 0 Å². The minimum atomic E-state index is 0.903. The van der Waals surface area contributed by atoms with E-state index >= 15 is 0 Å². The predicted molar refractivity (Wildman–Crippen MR) is 54.8 cm³/mol. The zero-order valence-electron chi connectivity index (χ0n) is 7.88. The molecular formula is C11H15B. The second-order valence-electron chi connectivity index (χ2n) is 3.18. The second kappa shape index (κ2) is 4.35. The van der Waals surface area contributed by atoms with Crippen molar-refractivity contribution < 1.29 is 0 Å². The van der Waals surface area contributed by atoms with E-state index in [9.17, 15) is 0 Å². The third-order valence-corrected chi connectivity index (χ3v) is 2.13. The number of hydrogen-bond donors (Lipinski definition) is 0. The third kappa shape index (κ3) is 2.40. The lowest BCUT2D eigenvalue weighted by Crippen LogP contribution is -1.77. The van der Waals surface area contributed by atoms with Crippen molar-refractivity contribution in [2.24, 2.45) is 0 Å². The fraction of sp³-hybridized carbons (Fsp3) is 0.455. The molecule has 0 aliphatic heterocycles. The van der Waals surface area contributed by atoms with Crippen LogP contribution in [0, 0.1) is 6.92 Å². The molecule has 1 aliphatic carbocycles. The molecule has 2 rings (SSSR count). The summed E-state index contributed by atoms with van der Waals surface area (Å²) >= 11 is 0. The van der Waals surface area contributed by atoms with Gasteiger partial charge in [-0.2, -0.15) is 0 Å². The average molecular weight is 158 g/mol. The summed E-state index contributed by atoms with van der Waals surface area (Å²) in [4.78, 5) is 0. The van der Waals surface area contributed by atoms with E-state index in [4.69, 9.17) is 0 Å². The van der Waals surface area contributed by atoms with Crippen LogP contribution in [-0.4, -0.2) is 7.85 Å². The highest BCUT2D eigenvalue weighted by atomic mass is 14.3. The van der Waals surface area contributed by atoms with E-state index < -0.39 is 0 Å². The SMILES string of the molecule is Cc1ccc(C2CC2)cc1.[B]C. The highest BCUT2D eigenvalue weighted by molar-refractivity contribution is 6.05. The molecule has 1 fully saturated rings. The van der Waals surface area contributed by atoms with Gasteiger partial charge in [0.25, 0.3) is 0 Å². The first-order valence-corrected chi connectivity index (χ1v) is 4.50. The number of hydrogen-bond acceptors (Lipinski definition) is 0. The van der Waals surface area contributed by atoms with Crippen LogP contribution in [0.25, 0.3) is 0 Å². The smallest absolute Gasteiger partial charge is 0.0606 e. The quantitative estimate of drug-likeness (QED) is 0.551. The standard InChI is InChI=1S/C10H12.CH3B/c1-8-2-4-9(5-3-8)10-6-7-10;1-2/h2-5,10H,6-7H2,1H3;1H3. The predicted octanol–water partition coefficient (Wildman–Crippen LogP) is 3.08. The summed E-state index contributed by atoms with van der Waals surface area (Å²) in [6.45, 7) is 3.64. The fourth-order valence-electron chi connectivity index (χ4n) is 1.26. The monoisotopic (exact) mass is 158 g/mol. The Morgan fingerprint density at radius 3 is 2.00 bits per heavy atom. The molecule has 0 N–H and O–H groups in total. The molecule has 1 aliphatic rings. The number of benzene rings is 1. The topological polar surface area (TPSA) is 0 Å². The van der Waals surface area contributed by atoms with E-state index in [0.29, 0.717) is 0 Å². The Hall–Kier alpha value is -0.715. The minimum absolute atomic E-state index is 0.903. The Bertz CT molecular complexity index is 221. The molecule has 0 amide bonds. The minimum Gasteiger partial charge on any atom is -0.0999 e. The van der Waals surface area contributed by atoms with Crippen LogP contribution >= 0.6 is 0 Å². The molecule has 1 saturated carbocycles. The fourth-order valence-corrected chi connectivity index (χ4v) is 1.26. The Balaban J connectivity index is 0.000000336. The van der Waals surface area contributed by atoms with Gasteiger partial charge in [0, 0.05) is 0 Å². The third-order valence-electron chi connectivity index (χ3n) is 2.13. The van der Waals surface area contributed by atoms with E-state index in [2.05, 4.69) is 39.0 Å². The summed E-state index contributed by atoms with van der Waals surface area (Å²) < 4.78 is 0. The van der Waals surface area contributed by atoms with Gasteiger partial charge < -0.3 is 0 Å². The average Bonchev–Trinajstić information content (AvgIpc) is 2.93. The van der Waals surface area contributed by atoms with Gasteiger partial charge in [0.2, 0.25) is 0 Å².